The Balaban J connectivity index is 1.99. The molecule has 0 amide bonds. The van der Waals surface area contributed by atoms with Gasteiger partial charge in [0.2, 0.25) is 0 Å². The van der Waals surface area contributed by atoms with Crippen LogP contribution in [0.2, 0.25) is 0 Å². The minimum atomic E-state index is -0.859. The lowest BCUT2D eigenvalue weighted by Crippen LogP contribution is -2.00. The molecule has 18 heavy (non-hydrogen) atoms. The monoisotopic (exact) mass is 244 g/mol. The molecule has 2 heterocycles. The number of ether oxygens (including phenoxy) is 1. The second-order valence-electron chi connectivity index (χ2n) is 4.26. The number of nitrogens with one attached hydrogen (secondary N) is 1. The SMILES string of the molecule is O=C(O)Cc1cn[nH]c1-c1ccc2c(c1)CCO2. The van der Waals surface area contributed by atoms with Crippen molar-refractivity contribution in [2.24, 2.45) is 0 Å². The molecule has 1 aromatic carbocycles. The Labute approximate surface area is 103 Å². The normalized spacial score (nSPS) is 13.1. The summed E-state index contributed by atoms with van der Waals surface area (Å²) in [6.45, 7) is 0.712. The van der Waals surface area contributed by atoms with Gasteiger partial charge < -0.3 is 9.84 Å². The fourth-order valence-corrected chi connectivity index (χ4v) is 2.20. The van der Waals surface area contributed by atoms with Crippen LogP contribution in [-0.4, -0.2) is 27.9 Å². The number of benzene rings is 1. The molecule has 0 bridgehead atoms. The fourth-order valence-electron chi connectivity index (χ4n) is 2.20. The maximum absolute atomic E-state index is 10.8. The highest BCUT2D eigenvalue weighted by molar-refractivity contribution is 5.75. The summed E-state index contributed by atoms with van der Waals surface area (Å²) in [6.07, 6.45) is 2.43. The van der Waals surface area contributed by atoms with Crippen molar-refractivity contribution in [2.45, 2.75) is 12.8 Å². The lowest BCUT2D eigenvalue weighted by Gasteiger charge is -2.04. The van der Waals surface area contributed by atoms with Gasteiger partial charge in [0.05, 0.1) is 24.9 Å². The molecule has 2 aromatic rings. The highest BCUT2D eigenvalue weighted by Gasteiger charge is 2.16. The third kappa shape index (κ3) is 1.84. The van der Waals surface area contributed by atoms with Gasteiger partial charge in [-0.3, -0.25) is 9.89 Å². The molecule has 3 rings (SSSR count). The molecule has 0 radical (unpaired) electrons. The molecular weight excluding hydrogens is 232 g/mol. The van der Waals surface area contributed by atoms with E-state index in [9.17, 15) is 4.79 Å². The summed E-state index contributed by atoms with van der Waals surface area (Å²) >= 11 is 0. The van der Waals surface area contributed by atoms with Crippen molar-refractivity contribution in [3.05, 3.63) is 35.5 Å². The van der Waals surface area contributed by atoms with Gasteiger partial charge in [-0.25, -0.2) is 0 Å². The second kappa shape index (κ2) is 4.18. The van der Waals surface area contributed by atoms with Crippen LogP contribution in [0.1, 0.15) is 11.1 Å². The minimum Gasteiger partial charge on any atom is -0.493 e. The first kappa shape index (κ1) is 10.8. The summed E-state index contributed by atoms with van der Waals surface area (Å²) in [6, 6.07) is 5.87. The quantitative estimate of drug-likeness (QED) is 0.860. The molecule has 92 valence electrons. The number of carbonyl (C=O) groups is 1. The summed E-state index contributed by atoms with van der Waals surface area (Å²) in [4.78, 5) is 10.8. The molecule has 0 aliphatic carbocycles. The Morgan fingerprint density at radius 3 is 3.22 bits per heavy atom. The van der Waals surface area contributed by atoms with Crippen LogP contribution >= 0.6 is 0 Å². The molecule has 1 aliphatic heterocycles. The van der Waals surface area contributed by atoms with E-state index in [4.69, 9.17) is 9.84 Å². The van der Waals surface area contributed by atoms with Gasteiger partial charge >= 0.3 is 5.97 Å². The van der Waals surface area contributed by atoms with E-state index in [1.165, 1.54) is 0 Å². The molecule has 5 heteroatoms. The zero-order chi connectivity index (χ0) is 12.5. The smallest absolute Gasteiger partial charge is 0.307 e. The average Bonchev–Trinajstić information content (AvgIpc) is 2.95. The zero-order valence-electron chi connectivity index (χ0n) is 9.64. The van der Waals surface area contributed by atoms with E-state index in [2.05, 4.69) is 10.2 Å². The largest absolute Gasteiger partial charge is 0.493 e. The molecule has 1 aromatic heterocycles. The molecule has 0 saturated carbocycles. The molecule has 0 spiro atoms. The van der Waals surface area contributed by atoms with Crippen LogP contribution in [0.5, 0.6) is 5.75 Å². The van der Waals surface area contributed by atoms with Crippen molar-refractivity contribution < 1.29 is 14.6 Å². The first-order chi connectivity index (χ1) is 8.74. The number of aromatic amines is 1. The van der Waals surface area contributed by atoms with Crippen molar-refractivity contribution in [1.82, 2.24) is 10.2 Å². The number of hydrogen-bond acceptors (Lipinski definition) is 3. The number of carboxylic acids is 1. The van der Waals surface area contributed by atoms with E-state index in [1.807, 2.05) is 18.2 Å². The van der Waals surface area contributed by atoms with E-state index in [-0.39, 0.29) is 6.42 Å². The van der Waals surface area contributed by atoms with E-state index in [0.717, 1.165) is 29.0 Å². The standard InChI is InChI=1S/C13H12N2O3/c16-12(17)6-10-7-14-15-13(10)9-1-2-11-8(5-9)3-4-18-11/h1-2,5,7H,3-4,6H2,(H,14,15)(H,16,17). The highest BCUT2D eigenvalue weighted by atomic mass is 16.5. The summed E-state index contributed by atoms with van der Waals surface area (Å²) in [5, 5.41) is 15.6. The molecule has 1 aliphatic rings. The van der Waals surface area contributed by atoms with E-state index in [0.29, 0.717) is 12.2 Å². The summed E-state index contributed by atoms with van der Waals surface area (Å²) in [7, 11) is 0. The molecule has 0 atom stereocenters. The topological polar surface area (TPSA) is 75.2 Å². The van der Waals surface area contributed by atoms with Gasteiger partial charge in [0.15, 0.2) is 0 Å². The third-order valence-corrected chi connectivity index (χ3v) is 3.04. The number of H-pyrrole nitrogens is 1. The third-order valence-electron chi connectivity index (χ3n) is 3.04. The number of aromatic nitrogens is 2. The number of aliphatic carboxylic acids is 1. The Hall–Kier alpha value is -2.30. The highest BCUT2D eigenvalue weighted by Crippen LogP contribution is 2.31. The summed E-state index contributed by atoms with van der Waals surface area (Å²) in [5.74, 6) is 0.0557. The van der Waals surface area contributed by atoms with Crippen LogP contribution in [0.25, 0.3) is 11.3 Å². The van der Waals surface area contributed by atoms with Crippen molar-refractivity contribution in [1.29, 1.82) is 0 Å². The fraction of sp³-hybridized carbons (Fsp3) is 0.231. The summed E-state index contributed by atoms with van der Waals surface area (Å²) < 4.78 is 5.45. The molecule has 0 saturated heterocycles. The minimum absolute atomic E-state index is 0.0284. The van der Waals surface area contributed by atoms with Crippen molar-refractivity contribution >= 4 is 5.97 Å². The molecule has 0 fully saturated rings. The Morgan fingerprint density at radius 2 is 2.39 bits per heavy atom. The molecule has 2 N–H and O–H groups in total. The van der Waals surface area contributed by atoms with Gasteiger partial charge in [-0.15, -0.1) is 0 Å². The number of hydrogen-bond donors (Lipinski definition) is 2. The lowest BCUT2D eigenvalue weighted by atomic mass is 10.0. The van der Waals surface area contributed by atoms with Crippen LogP contribution in [0.4, 0.5) is 0 Å². The van der Waals surface area contributed by atoms with Crippen molar-refractivity contribution in [2.75, 3.05) is 6.61 Å². The predicted octanol–water partition coefficient (Wildman–Crippen LogP) is 1.64. The van der Waals surface area contributed by atoms with Gasteiger partial charge in [0.1, 0.15) is 5.75 Å². The van der Waals surface area contributed by atoms with Gasteiger partial charge in [0.25, 0.3) is 0 Å². The summed E-state index contributed by atoms with van der Waals surface area (Å²) in [5.41, 5.74) is 3.57. The van der Waals surface area contributed by atoms with Gasteiger partial charge in [0, 0.05) is 17.5 Å². The van der Waals surface area contributed by atoms with Crippen LogP contribution < -0.4 is 4.74 Å². The maximum atomic E-state index is 10.8. The number of carboxylic acid groups (broad SMARTS) is 1. The number of rotatable bonds is 3. The van der Waals surface area contributed by atoms with Gasteiger partial charge in [-0.05, 0) is 23.8 Å². The maximum Gasteiger partial charge on any atom is 0.307 e. The lowest BCUT2D eigenvalue weighted by molar-refractivity contribution is -0.136. The van der Waals surface area contributed by atoms with Crippen LogP contribution in [0, 0.1) is 0 Å². The van der Waals surface area contributed by atoms with E-state index >= 15 is 0 Å². The molecule has 0 unspecified atom stereocenters. The zero-order valence-corrected chi connectivity index (χ0v) is 9.64. The molecular formula is C13H12N2O3. The van der Waals surface area contributed by atoms with Crippen LogP contribution in [0.3, 0.4) is 0 Å². The van der Waals surface area contributed by atoms with Gasteiger partial charge in [-0.1, -0.05) is 0 Å². The predicted molar refractivity (Wildman–Crippen MR) is 64.6 cm³/mol. The van der Waals surface area contributed by atoms with E-state index < -0.39 is 5.97 Å². The average molecular weight is 244 g/mol. The number of fused-ring (bicyclic) bond motifs is 1. The van der Waals surface area contributed by atoms with Crippen LogP contribution in [0.15, 0.2) is 24.4 Å². The van der Waals surface area contributed by atoms with E-state index in [1.54, 1.807) is 6.20 Å². The van der Waals surface area contributed by atoms with Crippen molar-refractivity contribution in [3.63, 3.8) is 0 Å². The van der Waals surface area contributed by atoms with Gasteiger partial charge in [-0.2, -0.15) is 5.10 Å². The Kier molecular flexibility index (Phi) is 2.51. The van der Waals surface area contributed by atoms with Crippen LogP contribution in [-0.2, 0) is 17.6 Å². The Morgan fingerprint density at radius 1 is 1.50 bits per heavy atom. The second-order valence-corrected chi connectivity index (χ2v) is 4.26. The Bertz CT molecular complexity index is 604. The number of nitrogens with zero attached hydrogens (tertiary/aromatic N) is 1. The first-order valence-electron chi connectivity index (χ1n) is 5.74. The first-order valence-corrected chi connectivity index (χ1v) is 5.74. The molecule has 5 nitrogen and oxygen atoms in total. The van der Waals surface area contributed by atoms with Crippen molar-refractivity contribution in [3.8, 4) is 17.0 Å².